The number of furan rings is 1. The molecule has 0 unspecified atom stereocenters. The Morgan fingerprint density at radius 2 is 2.06 bits per heavy atom. The van der Waals surface area contributed by atoms with Crippen LogP contribution in [0.5, 0.6) is 0 Å². The number of piperidine rings is 1. The van der Waals surface area contributed by atoms with Crippen LogP contribution < -0.4 is 5.32 Å². The lowest BCUT2D eigenvalue weighted by Gasteiger charge is -2.42. The monoisotopic (exact) mass is 458 g/mol. The lowest BCUT2D eigenvalue weighted by molar-refractivity contribution is -0.128. The zero-order valence-corrected chi connectivity index (χ0v) is 19.9. The van der Waals surface area contributed by atoms with E-state index in [1.807, 2.05) is 37.3 Å². The molecule has 1 N–H and O–H groups in total. The number of amides is 2. The van der Waals surface area contributed by atoms with Crippen molar-refractivity contribution in [2.45, 2.75) is 32.7 Å². The van der Waals surface area contributed by atoms with Crippen LogP contribution in [-0.4, -0.2) is 53.8 Å². The van der Waals surface area contributed by atoms with Crippen LogP contribution in [0.2, 0.25) is 0 Å². The molecule has 5 rings (SSSR count). The van der Waals surface area contributed by atoms with Crippen LogP contribution in [0.4, 0.5) is 5.82 Å². The third-order valence-electron chi connectivity index (χ3n) is 7.29. The zero-order chi connectivity index (χ0) is 23.9. The number of benzene rings is 1. The highest BCUT2D eigenvalue weighted by Crippen LogP contribution is 2.40. The summed E-state index contributed by atoms with van der Waals surface area (Å²) in [6, 6.07) is 9.93. The van der Waals surface area contributed by atoms with Gasteiger partial charge in [0, 0.05) is 30.3 Å². The van der Waals surface area contributed by atoms with Crippen molar-refractivity contribution < 1.29 is 14.0 Å². The maximum absolute atomic E-state index is 12.8. The number of nitrogens with zero attached hydrogens (tertiary/aromatic N) is 3. The standard InChI is InChI=1S/C27H30N4O3/c1-18-21-6-4-5-7-22(21)34-23(18)17-31(3)24(32)9-8-19-14-20-15-27(10-12-30(2)13-11-27)26(33)29-25(20)28-16-19/h4-9,14,16H,10-13,15,17H2,1-3H3,(H,28,29,33)/b9-8+. The van der Waals surface area contributed by atoms with Gasteiger partial charge in [-0.2, -0.15) is 0 Å². The number of likely N-dealkylation sites (N-methyl/N-ethyl adjacent to an activating group) is 1. The second-order valence-electron chi connectivity index (χ2n) is 9.66. The molecule has 0 radical (unpaired) electrons. The molecule has 34 heavy (non-hydrogen) atoms. The molecule has 0 bridgehead atoms. The summed E-state index contributed by atoms with van der Waals surface area (Å²) < 4.78 is 5.95. The molecule has 0 atom stereocenters. The maximum atomic E-state index is 12.8. The Morgan fingerprint density at radius 3 is 2.82 bits per heavy atom. The van der Waals surface area contributed by atoms with Gasteiger partial charge in [0.25, 0.3) is 0 Å². The number of aryl methyl sites for hydroxylation is 1. The van der Waals surface area contributed by atoms with Crippen molar-refractivity contribution in [3.63, 3.8) is 0 Å². The maximum Gasteiger partial charge on any atom is 0.246 e. The fourth-order valence-electron chi connectivity index (χ4n) is 4.97. The minimum Gasteiger partial charge on any atom is -0.459 e. The Labute approximate surface area is 199 Å². The fourth-order valence-corrected chi connectivity index (χ4v) is 4.97. The van der Waals surface area contributed by atoms with E-state index in [2.05, 4.69) is 22.2 Å². The summed E-state index contributed by atoms with van der Waals surface area (Å²) in [5.41, 5.74) is 3.41. The molecule has 1 aromatic carbocycles. The summed E-state index contributed by atoms with van der Waals surface area (Å²) in [7, 11) is 3.86. The average molecular weight is 459 g/mol. The Morgan fingerprint density at radius 1 is 1.29 bits per heavy atom. The predicted molar refractivity (Wildman–Crippen MR) is 132 cm³/mol. The van der Waals surface area contributed by atoms with Crippen molar-refractivity contribution in [1.82, 2.24) is 14.8 Å². The molecule has 1 fully saturated rings. The number of carbonyl (C=O) groups excluding carboxylic acids is 2. The van der Waals surface area contributed by atoms with E-state index in [1.54, 1.807) is 30.3 Å². The van der Waals surface area contributed by atoms with Crippen LogP contribution in [-0.2, 0) is 22.6 Å². The number of anilines is 1. The summed E-state index contributed by atoms with van der Waals surface area (Å²) in [6.07, 6.45) is 7.43. The summed E-state index contributed by atoms with van der Waals surface area (Å²) in [5, 5.41) is 4.08. The number of para-hydroxylation sites is 1. The smallest absolute Gasteiger partial charge is 0.246 e. The Balaban J connectivity index is 1.28. The Kier molecular flexibility index (Phi) is 5.73. The van der Waals surface area contributed by atoms with Crippen LogP contribution in [0, 0.1) is 12.3 Å². The molecule has 3 aromatic rings. The lowest BCUT2D eigenvalue weighted by Crippen LogP contribution is -2.49. The molecule has 176 valence electrons. The molecule has 7 heteroatoms. The van der Waals surface area contributed by atoms with Crippen LogP contribution >= 0.6 is 0 Å². The van der Waals surface area contributed by atoms with Crippen molar-refractivity contribution in [3.05, 3.63) is 65.1 Å². The van der Waals surface area contributed by atoms with Gasteiger partial charge >= 0.3 is 0 Å². The van der Waals surface area contributed by atoms with Gasteiger partial charge in [-0.15, -0.1) is 0 Å². The number of pyridine rings is 1. The summed E-state index contributed by atoms with van der Waals surface area (Å²) in [4.78, 5) is 33.9. The number of hydrogen-bond donors (Lipinski definition) is 1. The van der Waals surface area contributed by atoms with Gasteiger partial charge in [0.1, 0.15) is 17.2 Å². The summed E-state index contributed by atoms with van der Waals surface area (Å²) in [6.45, 7) is 4.25. The van der Waals surface area contributed by atoms with Gasteiger partial charge in [-0.25, -0.2) is 4.98 Å². The van der Waals surface area contributed by atoms with E-state index < -0.39 is 0 Å². The molecule has 1 saturated heterocycles. The number of aromatic nitrogens is 1. The normalized spacial score (nSPS) is 17.8. The summed E-state index contributed by atoms with van der Waals surface area (Å²) in [5.74, 6) is 1.40. The van der Waals surface area contributed by atoms with Crippen molar-refractivity contribution in [2.75, 3.05) is 32.5 Å². The van der Waals surface area contributed by atoms with Gasteiger partial charge in [0.05, 0.1) is 12.0 Å². The minimum atomic E-state index is -0.357. The van der Waals surface area contributed by atoms with Crippen LogP contribution in [0.3, 0.4) is 0 Å². The molecule has 0 saturated carbocycles. The fraction of sp³-hybridized carbons (Fsp3) is 0.370. The zero-order valence-electron chi connectivity index (χ0n) is 19.9. The van der Waals surface area contributed by atoms with Crippen molar-refractivity contribution in [1.29, 1.82) is 0 Å². The number of fused-ring (bicyclic) bond motifs is 2. The molecule has 1 spiro atoms. The molecule has 2 aliphatic rings. The Bertz CT molecular complexity index is 1280. The van der Waals surface area contributed by atoms with Crippen molar-refractivity contribution >= 4 is 34.7 Å². The largest absolute Gasteiger partial charge is 0.459 e. The Hall–Kier alpha value is -3.45. The van der Waals surface area contributed by atoms with Gasteiger partial charge in [0.2, 0.25) is 11.8 Å². The van der Waals surface area contributed by atoms with Gasteiger partial charge in [-0.3, -0.25) is 9.59 Å². The first kappa shape index (κ1) is 22.3. The van der Waals surface area contributed by atoms with Crippen LogP contribution in [0.15, 0.2) is 47.0 Å². The molecule has 2 aliphatic heterocycles. The first-order chi connectivity index (χ1) is 16.3. The average Bonchev–Trinajstić information content (AvgIpc) is 3.15. The van der Waals surface area contributed by atoms with Crippen LogP contribution in [0.25, 0.3) is 17.0 Å². The van der Waals surface area contributed by atoms with E-state index in [0.29, 0.717) is 18.8 Å². The first-order valence-electron chi connectivity index (χ1n) is 11.7. The van der Waals surface area contributed by atoms with Gasteiger partial charge in [-0.05, 0) is 75.7 Å². The molecular weight excluding hydrogens is 428 g/mol. The second kappa shape index (κ2) is 8.72. The highest BCUT2D eigenvalue weighted by molar-refractivity contribution is 5.98. The SMILES string of the molecule is Cc1c(CN(C)C(=O)/C=C/c2cnc3c(c2)CC2(CCN(C)CC2)C(=O)N3)oc2ccccc12. The molecule has 2 amide bonds. The molecular formula is C27H30N4O3. The van der Waals surface area contributed by atoms with Crippen LogP contribution in [0.1, 0.15) is 35.3 Å². The third-order valence-corrected chi connectivity index (χ3v) is 7.29. The molecule has 4 heterocycles. The minimum absolute atomic E-state index is 0.0848. The topological polar surface area (TPSA) is 78.7 Å². The van der Waals surface area contributed by atoms with E-state index in [1.165, 1.54) is 0 Å². The predicted octanol–water partition coefficient (Wildman–Crippen LogP) is 4.01. The van der Waals surface area contributed by atoms with Crippen molar-refractivity contribution in [3.8, 4) is 0 Å². The number of carbonyl (C=O) groups is 2. The van der Waals surface area contributed by atoms with E-state index in [9.17, 15) is 9.59 Å². The highest BCUT2D eigenvalue weighted by Gasteiger charge is 2.44. The highest BCUT2D eigenvalue weighted by atomic mass is 16.3. The van der Waals surface area contributed by atoms with E-state index in [4.69, 9.17) is 4.42 Å². The van der Waals surface area contributed by atoms with E-state index >= 15 is 0 Å². The van der Waals surface area contributed by atoms with Crippen molar-refractivity contribution in [2.24, 2.45) is 5.41 Å². The number of likely N-dealkylation sites (tertiary alicyclic amines) is 1. The summed E-state index contributed by atoms with van der Waals surface area (Å²) >= 11 is 0. The number of nitrogens with one attached hydrogen (secondary N) is 1. The first-order valence-corrected chi connectivity index (χ1v) is 11.7. The lowest BCUT2D eigenvalue weighted by atomic mass is 9.71. The van der Waals surface area contributed by atoms with Gasteiger partial charge in [-0.1, -0.05) is 18.2 Å². The van der Waals surface area contributed by atoms with E-state index in [0.717, 1.165) is 59.4 Å². The third kappa shape index (κ3) is 4.12. The number of hydrogen-bond acceptors (Lipinski definition) is 5. The molecule has 0 aliphatic carbocycles. The quantitative estimate of drug-likeness (QED) is 0.598. The molecule has 7 nitrogen and oxygen atoms in total. The number of rotatable bonds is 4. The molecule has 2 aromatic heterocycles. The van der Waals surface area contributed by atoms with Gasteiger partial charge in [0.15, 0.2) is 0 Å². The van der Waals surface area contributed by atoms with E-state index in [-0.39, 0.29) is 17.2 Å². The second-order valence-corrected chi connectivity index (χ2v) is 9.66. The van der Waals surface area contributed by atoms with Gasteiger partial charge < -0.3 is 19.5 Å².